The fourth-order valence-electron chi connectivity index (χ4n) is 0.862. The van der Waals surface area contributed by atoms with Crippen LogP contribution >= 0.6 is 0 Å². The Labute approximate surface area is 68.6 Å². The Kier molecular flexibility index (Phi) is 4.92. The number of carboxylic acid groups (broad SMARTS) is 1. The topological polar surface area (TPSA) is 37.3 Å². The summed E-state index contributed by atoms with van der Waals surface area (Å²) in [5, 5.41) is 8.57. The van der Waals surface area contributed by atoms with Gasteiger partial charge in [0.1, 0.15) is 0 Å². The molecule has 0 fully saturated rings. The fourth-order valence-corrected chi connectivity index (χ4v) is 0.862. The minimum atomic E-state index is -0.673. The summed E-state index contributed by atoms with van der Waals surface area (Å²) in [6.45, 7) is 6.06. The normalized spacial score (nSPS) is 15.9. The van der Waals surface area contributed by atoms with Crippen LogP contribution in [-0.2, 0) is 4.79 Å². The molecule has 0 unspecified atom stereocenters. The van der Waals surface area contributed by atoms with Crippen LogP contribution in [-0.4, -0.2) is 11.1 Å². The molecule has 2 nitrogen and oxygen atoms in total. The predicted octanol–water partition coefficient (Wildman–Crippen LogP) is 2.53. The molecule has 2 atom stereocenters. The first kappa shape index (κ1) is 10.5. The first-order valence-electron chi connectivity index (χ1n) is 4.30. The molecule has 0 saturated heterocycles. The summed E-state index contributed by atoms with van der Waals surface area (Å²) in [6, 6.07) is 0. The van der Waals surface area contributed by atoms with Crippen molar-refractivity contribution in [3.05, 3.63) is 0 Å². The molecule has 11 heavy (non-hydrogen) atoms. The van der Waals surface area contributed by atoms with Crippen LogP contribution in [0.25, 0.3) is 0 Å². The molecule has 0 rings (SSSR count). The quantitative estimate of drug-likeness (QED) is 0.667. The minimum Gasteiger partial charge on any atom is -0.481 e. The molecular weight excluding hydrogens is 140 g/mol. The summed E-state index contributed by atoms with van der Waals surface area (Å²) in [6.07, 6.45) is 2.99. The van der Waals surface area contributed by atoms with Gasteiger partial charge in [-0.15, -0.1) is 0 Å². The maximum absolute atomic E-state index is 10.4. The molecule has 0 amide bonds. The maximum atomic E-state index is 10.4. The van der Waals surface area contributed by atoms with E-state index in [4.69, 9.17) is 5.11 Å². The van der Waals surface area contributed by atoms with Gasteiger partial charge in [0.25, 0.3) is 0 Å². The molecule has 0 spiro atoms. The molecule has 0 aromatic rings. The molecule has 0 bridgehead atoms. The second-order valence-electron chi connectivity index (χ2n) is 3.33. The van der Waals surface area contributed by atoms with E-state index in [2.05, 4.69) is 13.8 Å². The summed E-state index contributed by atoms with van der Waals surface area (Å²) in [7, 11) is 0. The van der Waals surface area contributed by atoms with Gasteiger partial charge in [0.2, 0.25) is 0 Å². The van der Waals surface area contributed by atoms with Crippen LogP contribution in [0, 0.1) is 11.8 Å². The summed E-state index contributed by atoms with van der Waals surface area (Å²) < 4.78 is 0. The zero-order chi connectivity index (χ0) is 8.85. The summed E-state index contributed by atoms with van der Waals surface area (Å²) in [5.74, 6) is -0.186. The second-order valence-corrected chi connectivity index (χ2v) is 3.33. The Bertz CT molecular complexity index is 121. The Morgan fingerprint density at radius 3 is 2.27 bits per heavy atom. The van der Waals surface area contributed by atoms with Crippen LogP contribution in [0.3, 0.4) is 0 Å². The van der Waals surface area contributed by atoms with Gasteiger partial charge in [0, 0.05) is 0 Å². The van der Waals surface area contributed by atoms with Gasteiger partial charge in [-0.1, -0.05) is 27.2 Å². The van der Waals surface area contributed by atoms with Crippen molar-refractivity contribution in [2.45, 2.75) is 40.0 Å². The van der Waals surface area contributed by atoms with Gasteiger partial charge in [-0.25, -0.2) is 0 Å². The van der Waals surface area contributed by atoms with E-state index in [1.54, 1.807) is 6.92 Å². The molecule has 0 aliphatic heterocycles. The molecule has 1 N–H and O–H groups in total. The molecule has 0 aromatic carbocycles. The van der Waals surface area contributed by atoms with Crippen molar-refractivity contribution >= 4 is 5.97 Å². The number of hydrogen-bond acceptors (Lipinski definition) is 1. The molecular formula is C9H18O2. The largest absolute Gasteiger partial charge is 0.481 e. The van der Waals surface area contributed by atoms with Gasteiger partial charge in [-0.05, 0) is 18.8 Å². The van der Waals surface area contributed by atoms with Crippen molar-refractivity contribution in [3.63, 3.8) is 0 Å². The fraction of sp³-hybridized carbons (Fsp3) is 0.889. The van der Waals surface area contributed by atoms with E-state index in [1.165, 1.54) is 0 Å². The Hall–Kier alpha value is -0.530. The van der Waals surface area contributed by atoms with Gasteiger partial charge in [0.05, 0.1) is 5.92 Å². The van der Waals surface area contributed by atoms with Crippen LogP contribution < -0.4 is 0 Å². The standard InChI is InChI=1S/C9H18O2/c1-4-7(2)5-6-8(3)9(10)11/h7-8H,4-6H2,1-3H3,(H,10,11)/t7-,8+/m0/s1. The van der Waals surface area contributed by atoms with E-state index >= 15 is 0 Å². The zero-order valence-corrected chi connectivity index (χ0v) is 7.63. The number of rotatable bonds is 5. The average Bonchev–Trinajstić information content (AvgIpc) is 1.99. The molecule has 0 heterocycles. The third kappa shape index (κ3) is 4.82. The van der Waals surface area contributed by atoms with E-state index in [9.17, 15) is 4.79 Å². The molecule has 0 radical (unpaired) electrons. The van der Waals surface area contributed by atoms with Crippen LogP contribution in [0.4, 0.5) is 0 Å². The highest BCUT2D eigenvalue weighted by molar-refractivity contribution is 5.69. The molecule has 0 aliphatic rings. The lowest BCUT2D eigenvalue weighted by Crippen LogP contribution is -2.10. The number of carbonyl (C=O) groups is 1. The highest BCUT2D eigenvalue weighted by Gasteiger charge is 2.11. The van der Waals surface area contributed by atoms with Crippen molar-refractivity contribution in [2.75, 3.05) is 0 Å². The number of aliphatic carboxylic acids is 1. The van der Waals surface area contributed by atoms with Gasteiger partial charge in [-0.3, -0.25) is 4.79 Å². The van der Waals surface area contributed by atoms with E-state index in [0.29, 0.717) is 5.92 Å². The highest BCUT2D eigenvalue weighted by Crippen LogP contribution is 2.14. The SMILES string of the molecule is CC[C@H](C)CC[C@@H](C)C(=O)O. The first-order valence-corrected chi connectivity index (χ1v) is 4.30. The van der Waals surface area contributed by atoms with Crippen molar-refractivity contribution in [1.29, 1.82) is 0 Å². The predicted molar refractivity (Wildman–Crippen MR) is 45.5 cm³/mol. The first-order chi connectivity index (χ1) is 5.07. The Morgan fingerprint density at radius 2 is 1.91 bits per heavy atom. The van der Waals surface area contributed by atoms with Crippen LogP contribution in [0.15, 0.2) is 0 Å². The van der Waals surface area contributed by atoms with Gasteiger partial charge in [-0.2, -0.15) is 0 Å². The third-order valence-corrected chi connectivity index (χ3v) is 2.21. The summed E-state index contributed by atoms with van der Waals surface area (Å²) in [4.78, 5) is 10.4. The number of hydrogen-bond donors (Lipinski definition) is 1. The highest BCUT2D eigenvalue weighted by atomic mass is 16.4. The molecule has 2 heteroatoms. The smallest absolute Gasteiger partial charge is 0.306 e. The Morgan fingerprint density at radius 1 is 1.36 bits per heavy atom. The number of carboxylic acids is 1. The molecule has 0 aliphatic carbocycles. The van der Waals surface area contributed by atoms with Crippen molar-refractivity contribution in [2.24, 2.45) is 11.8 Å². The summed E-state index contributed by atoms with van der Waals surface area (Å²) >= 11 is 0. The maximum Gasteiger partial charge on any atom is 0.306 e. The Balaban J connectivity index is 3.45. The van der Waals surface area contributed by atoms with Gasteiger partial charge >= 0.3 is 5.97 Å². The van der Waals surface area contributed by atoms with Crippen LogP contribution in [0.2, 0.25) is 0 Å². The average molecular weight is 158 g/mol. The summed E-state index contributed by atoms with van der Waals surface area (Å²) in [5.41, 5.74) is 0. The van der Waals surface area contributed by atoms with E-state index in [-0.39, 0.29) is 5.92 Å². The lowest BCUT2D eigenvalue weighted by molar-refractivity contribution is -0.141. The van der Waals surface area contributed by atoms with E-state index < -0.39 is 5.97 Å². The molecule has 0 saturated carbocycles. The van der Waals surface area contributed by atoms with Gasteiger partial charge in [0.15, 0.2) is 0 Å². The van der Waals surface area contributed by atoms with Crippen molar-refractivity contribution in [1.82, 2.24) is 0 Å². The lowest BCUT2D eigenvalue weighted by Gasteiger charge is -2.09. The van der Waals surface area contributed by atoms with E-state index in [0.717, 1.165) is 19.3 Å². The van der Waals surface area contributed by atoms with Crippen LogP contribution in [0.5, 0.6) is 0 Å². The minimum absolute atomic E-state index is 0.177. The lowest BCUT2D eigenvalue weighted by atomic mass is 9.97. The molecule has 0 aromatic heterocycles. The zero-order valence-electron chi connectivity index (χ0n) is 7.63. The van der Waals surface area contributed by atoms with Crippen LogP contribution in [0.1, 0.15) is 40.0 Å². The monoisotopic (exact) mass is 158 g/mol. The van der Waals surface area contributed by atoms with Crippen molar-refractivity contribution in [3.8, 4) is 0 Å². The van der Waals surface area contributed by atoms with Crippen molar-refractivity contribution < 1.29 is 9.90 Å². The third-order valence-electron chi connectivity index (χ3n) is 2.21. The second kappa shape index (κ2) is 5.16. The van der Waals surface area contributed by atoms with E-state index in [1.807, 2.05) is 0 Å². The molecule has 66 valence electrons. The van der Waals surface area contributed by atoms with Gasteiger partial charge < -0.3 is 5.11 Å².